The average molecular weight is 207 g/mol. The number of carbonyl (C=O) groups is 1. The molecule has 0 aromatic carbocycles. The molecule has 0 fully saturated rings. The van der Waals surface area contributed by atoms with Crippen molar-refractivity contribution in [2.45, 2.75) is 6.92 Å². The van der Waals surface area contributed by atoms with Gasteiger partial charge in [0, 0.05) is 20.3 Å². The Balaban J connectivity index is 4.61. The standard InChI is InChI=1S/C7H13NO4S/c1-4-12-7(9)6(13(10)11)5-8(2)3/h5H,4H2,1-3H3,(H,10,11)/b6-5+. The smallest absolute Gasteiger partial charge is 0.351 e. The summed E-state index contributed by atoms with van der Waals surface area (Å²) in [4.78, 5) is 12.3. The summed E-state index contributed by atoms with van der Waals surface area (Å²) in [7, 11) is 3.29. The molecular formula is C7H13NO4S. The Morgan fingerprint density at radius 2 is 2.15 bits per heavy atom. The van der Waals surface area contributed by atoms with E-state index in [0.29, 0.717) is 0 Å². The molecule has 0 aliphatic heterocycles. The Labute approximate surface area is 79.7 Å². The van der Waals surface area contributed by atoms with E-state index in [-0.39, 0.29) is 11.5 Å². The van der Waals surface area contributed by atoms with Gasteiger partial charge in [-0.1, -0.05) is 0 Å². The monoisotopic (exact) mass is 207 g/mol. The highest BCUT2D eigenvalue weighted by Crippen LogP contribution is 2.03. The zero-order valence-corrected chi connectivity index (χ0v) is 8.63. The molecule has 76 valence electrons. The Bertz CT molecular complexity index is 237. The van der Waals surface area contributed by atoms with Crippen molar-refractivity contribution in [3.05, 3.63) is 11.1 Å². The summed E-state index contributed by atoms with van der Waals surface area (Å²) in [6.07, 6.45) is 1.26. The molecule has 0 spiro atoms. The van der Waals surface area contributed by atoms with Gasteiger partial charge in [0.05, 0.1) is 6.61 Å². The first-order valence-electron chi connectivity index (χ1n) is 3.65. The molecule has 0 aliphatic rings. The first kappa shape index (κ1) is 12.1. The predicted octanol–water partition coefficient (Wildman–Crippen LogP) is 0.174. The second-order valence-corrected chi connectivity index (χ2v) is 3.36. The fourth-order valence-corrected chi connectivity index (χ4v) is 1.11. The summed E-state index contributed by atoms with van der Waals surface area (Å²) in [6.45, 7) is 1.81. The van der Waals surface area contributed by atoms with Crippen molar-refractivity contribution >= 4 is 17.0 Å². The Kier molecular flexibility index (Phi) is 5.33. The van der Waals surface area contributed by atoms with E-state index in [1.807, 2.05) is 0 Å². The summed E-state index contributed by atoms with van der Waals surface area (Å²) in [5.41, 5.74) is 0. The van der Waals surface area contributed by atoms with Crippen LogP contribution in [0.25, 0.3) is 0 Å². The fraction of sp³-hybridized carbons (Fsp3) is 0.571. The largest absolute Gasteiger partial charge is 0.462 e. The minimum absolute atomic E-state index is 0.181. The Morgan fingerprint density at radius 1 is 1.62 bits per heavy atom. The molecule has 5 nitrogen and oxygen atoms in total. The molecule has 0 amide bonds. The lowest BCUT2D eigenvalue weighted by atomic mass is 10.6. The average Bonchev–Trinajstić information content (AvgIpc) is 1.99. The second-order valence-electron chi connectivity index (χ2n) is 2.43. The fourth-order valence-electron chi connectivity index (χ4n) is 0.606. The highest BCUT2D eigenvalue weighted by atomic mass is 32.2. The summed E-state index contributed by atoms with van der Waals surface area (Å²) >= 11 is -2.31. The summed E-state index contributed by atoms with van der Waals surface area (Å²) < 4.78 is 24.0. The molecule has 0 rings (SSSR count). The third kappa shape index (κ3) is 4.64. The number of esters is 1. The molecular weight excluding hydrogens is 194 g/mol. The van der Waals surface area contributed by atoms with Gasteiger partial charge in [-0.05, 0) is 6.92 Å². The molecule has 1 unspecified atom stereocenters. The summed E-state index contributed by atoms with van der Waals surface area (Å²) in [5, 5.41) is 0. The SMILES string of the molecule is CCOC(=O)/C(=C\N(C)C)S(=O)O. The number of rotatable bonds is 4. The molecule has 1 atom stereocenters. The van der Waals surface area contributed by atoms with Gasteiger partial charge in [-0.15, -0.1) is 0 Å². The van der Waals surface area contributed by atoms with E-state index >= 15 is 0 Å². The lowest BCUT2D eigenvalue weighted by molar-refractivity contribution is -0.137. The number of hydrogen-bond donors (Lipinski definition) is 1. The van der Waals surface area contributed by atoms with Crippen LogP contribution in [0.1, 0.15) is 6.92 Å². The molecule has 13 heavy (non-hydrogen) atoms. The maximum atomic E-state index is 11.0. The number of nitrogens with zero attached hydrogens (tertiary/aromatic N) is 1. The molecule has 0 radical (unpaired) electrons. The van der Waals surface area contributed by atoms with Crippen LogP contribution in [0.2, 0.25) is 0 Å². The van der Waals surface area contributed by atoms with Crippen molar-refractivity contribution in [3.8, 4) is 0 Å². The molecule has 0 aliphatic carbocycles. The van der Waals surface area contributed by atoms with E-state index < -0.39 is 17.0 Å². The molecule has 0 heterocycles. The molecule has 0 aromatic rings. The Morgan fingerprint density at radius 3 is 2.46 bits per heavy atom. The van der Waals surface area contributed by atoms with Crippen LogP contribution in [0.4, 0.5) is 0 Å². The Hall–Kier alpha value is -0.880. The molecule has 6 heteroatoms. The van der Waals surface area contributed by atoms with Gasteiger partial charge in [0.15, 0.2) is 16.0 Å². The third-order valence-electron chi connectivity index (χ3n) is 1.04. The van der Waals surface area contributed by atoms with Gasteiger partial charge in [0.1, 0.15) is 0 Å². The maximum absolute atomic E-state index is 11.0. The highest BCUT2D eigenvalue weighted by molar-refractivity contribution is 7.84. The predicted molar refractivity (Wildman–Crippen MR) is 49.2 cm³/mol. The minimum atomic E-state index is -2.31. The van der Waals surface area contributed by atoms with Crippen molar-refractivity contribution in [1.82, 2.24) is 4.90 Å². The van der Waals surface area contributed by atoms with Crippen molar-refractivity contribution < 1.29 is 18.3 Å². The van der Waals surface area contributed by atoms with Crippen LogP contribution < -0.4 is 0 Å². The van der Waals surface area contributed by atoms with Crippen LogP contribution in [0.3, 0.4) is 0 Å². The molecule has 0 aromatic heterocycles. The zero-order chi connectivity index (χ0) is 10.4. The first-order chi connectivity index (χ1) is 5.99. The van der Waals surface area contributed by atoms with Gasteiger partial charge in [-0.2, -0.15) is 0 Å². The van der Waals surface area contributed by atoms with Gasteiger partial charge in [-0.3, -0.25) is 0 Å². The number of ether oxygens (including phenoxy) is 1. The quantitative estimate of drug-likeness (QED) is 0.404. The lowest BCUT2D eigenvalue weighted by Gasteiger charge is -2.07. The van der Waals surface area contributed by atoms with Crippen molar-refractivity contribution in [2.75, 3.05) is 20.7 Å². The van der Waals surface area contributed by atoms with Crippen LogP contribution >= 0.6 is 0 Å². The van der Waals surface area contributed by atoms with E-state index in [0.717, 1.165) is 0 Å². The molecule has 0 saturated carbocycles. The van der Waals surface area contributed by atoms with Gasteiger partial charge < -0.3 is 14.2 Å². The van der Waals surface area contributed by atoms with Crippen molar-refractivity contribution in [3.63, 3.8) is 0 Å². The van der Waals surface area contributed by atoms with Gasteiger partial charge in [0.25, 0.3) is 0 Å². The van der Waals surface area contributed by atoms with E-state index in [1.165, 1.54) is 11.1 Å². The van der Waals surface area contributed by atoms with Crippen LogP contribution in [-0.4, -0.2) is 40.3 Å². The molecule has 0 saturated heterocycles. The summed E-state index contributed by atoms with van der Waals surface area (Å²) in [6, 6.07) is 0. The van der Waals surface area contributed by atoms with Crippen molar-refractivity contribution in [1.29, 1.82) is 0 Å². The first-order valence-corrected chi connectivity index (χ1v) is 4.76. The van der Waals surface area contributed by atoms with Gasteiger partial charge >= 0.3 is 5.97 Å². The maximum Gasteiger partial charge on any atom is 0.351 e. The number of hydrogen-bond acceptors (Lipinski definition) is 4. The van der Waals surface area contributed by atoms with Crippen LogP contribution in [-0.2, 0) is 20.6 Å². The highest BCUT2D eigenvalue weighted by Gasteiger charge is 2.16. The molecule has 0 bridgehead atoms. The van der Waals surface area contributed by atoms with Gasteiger partial charge in [-0.25, -0.2) is 9.00 Å². The normalized spacial score (nSPS) is 13.7. The number of carbonyl (C=O) groups excluding carboxylic acids is 1. The van der Waals surface area contributed by atoms with Crippen molar-refractivity contribution in [2.24, 2.45) is 0 Å². The third-order valence-corrected chi connectivity index (χ3v) is 1.69. The van der Waals surface area contributed by atoms with Gasteiger partial charge in [0.2, 0.25) is 0 Å². The van der Waals surface area contributed by atoms with E-state index in [9.17, 15) is 9.00 Å². The molecule has 1 N–H and O–H groups in total. The summed E-state index contributed by atoms with van der Waals surface area (Å²) in [5.74, 6) is -0.767. The van der Waals surface area contributed by atoms with E-state index in [4.69, 9.17) is 4.55 Å². The topological polar surface area (TPSA) is 66.8 Å². The van der Waals surface area contributed by atoms with E-state index in [2.05, 4.69) is 4.74 Å². The lowest BCUT2D eigenvalue weighted by Crippen LogP contribution is -2.15. The minimum Gasteiger partial charge on any atom is -0.462 e. The second kappa shape index (κ2) is 5.71. The van der Waals surface area contributed by atoms with Crippen LogP contribution in [0, 0.1) is 0 Å². The van der Waals surface area contributed by atoms with Crippen LogP contribution in [0.15, 0.2) is 11.1 Å². The van der Waals surface area contributed by atoms with E-state index in [1.54, 1.807) is 21.0 Å². The zero-order valence-electron chi connectivity index (χ0n) is 7.81. The van der Waals surface area contributed by atoms with Crippen LogP contribution in [0.5, 0.6) is 0 Å².